The monoisotopic (exact) mass is 333 g/mol. The summed E-state index contributed by atoms with van der Waals surface area (Å²) in [5.74, 6) is -3.46. The summed E-state index contributed by atoms with van der Waals surface area (Å²) in [5.41, 5.74) is 11.7. The normalized spacial score (nSPS) is 15.9. The van der Waals surface area contributed by atoms with E-state index in [1.54, 1.807) is 0 Å². The second kappa shape index (κ2) is 7.12. The average Bonchev–Trinajstić information content (AvgIpc) is 2.90. The second-order valence-corrected chi connectivity index (χ2v) is 6.87. The quantitative estimate of drug-likeness (QED) is 0.391. The maximum absolute atomic E-state index is 12.4. The van der Waals surface area contributed by atoms with Crippen molar-refractivity contribution in [3.05, 3.63) is 18.2 Å². The molecule has 2 amide bonds. The van der Waals surface area contributed by atoms with E-state index in [1.165, 1.54) is 19.4 Å². The van der Waals surface area contributed by atoms with Gasteiger partial charge < -0.3 is 26.2 Å². The molecular weight excluding hydrogens is 313 g/mol. The number of imide groups is 1. The van der Waals surface area contributed by atoms with Gasteiger partial charge in [0.15, 0.2) is 0 Å². The molecule has 0 radical (unpaired) electrons. The fourth-order valence-electron chi connectivity index (χ4n) is 1.75. The fraction of sp³-hybridized carbons (Fsp3) is 0.545. The molecule has 3 atom stereocenters. The molecule has 0 saturated carbocycles. The summed E-state index contributed by atoms with van der Waals surface area (Å²) < 4.78 is 11.4. The van der Waals surface area contributed by atoms with Crippen LogP contribution in [0.5, 0.6) is 0 Å². The van der Waals surface area contributed by atoms with Crippen LogP contribution in [0.25, 0.3) is 0 Å². The second-order valence-electron chi connectivity index (χ2n) is 4.94. The van der Waals surface area contributed by atoms with Crippen molar-refractivity contribution in [3.8, 4) is 0 Å². The highest BCUT2D eigenvalue weighted by Crippen LogP contribution is 2.43. The van der Waals surface area contributed by atoms with Crippen LogP contribution in [0, 0.1) is 0 Å². The van der Waals surface area contributed by atoms with Crippen molar-refractivity contribution >= 4 is 19.4 Å². The van der Waals surface area contributed by atoms with Crippen LogP contribution in [0.3, 0.4) is 0 Å². The van der Waals surface area contributed by atoms with Gasteiger partial charge in [-0.3, -0.25) is 19.1 Å². The molecule has 11 heteroatoms. The molecule has 0 saturated heterocycles. The van der Waals surface area contributed by atoms with E-state index in [0.717, 1.165) is 6.92 Å². The smallest absolute Gasteiger partial charge is 0.348 e. The van der Waals surface area contributed by atoms with E-state index in [9.17, 15) is 23.9 Å². The number of nitrogens with one attached hydrogen (secondary N) is 1. The zero-order valence-electron chi connectivity index (χ0n) is 12.2. The number of imidazole rings is 1. The topological polar surface area (TPSA) is 176 Å². The molecule has 0 spiro atoms. The van der Waals surface area contributed by atoms with E-state index in [2.05, 4.69) is 9.97 Å². The number of rotatable bonds is 6. The first-order chi connectivity index (χ1) is 10.1. The lowest BCUT2D eigenvalue weighted by atomic mass is 10.1. The standard InChI is InChI=1S/C11H20N5O5P/c1-6(12)10(17)16(7(2)22(19,20)21)11(18)9(13)3-8-4-14-5-15-8/h4-7,9H,3,12-13H2,1-2H3,(H,14,15)(H2,19,20,21)/t6-,7+,9-/m0/s1. The Morgan fingerprint density at radius 3 is 2.36 bits per heavy atom. The minimum Gasteiger partial charge on any atom is -0.348 e. The number of amides is 2. The van der Waals surface area contributed by atoms with Crippen molar-refractivity contribution in [2.45, 2.75) is 38.1 Å². The van der Waals surface area contributed by atoms with Gasteiger partial charge in [-0.15, -0.1) is 0 Å². The van der Waals surface area contributed by atoms with Crippen molar-refractivity contribution in [3.63, 3.8) is 0 Å². The van der Waals surface area contributed by atoms with Gasteiger partial charge in [0, 0.05) is 18.3 Å². The maximum atomic E-state index is 12.4. The highest BCUT2D eigenvalue weighted by atomic mass is 31.2. The van der Waals surface area contributed by atoms with Gasteiger partial charge in [0.05, 0.1) is 18.4 Å². The molecular formula is C11H20N5O5P. The number of aromatic nitrogens is 2. The van der Waals surface area contributed by atoms with Gasteiger partial charge in [0.1, 0.15) is 5.78 Å². The van der Waals surface area contributed by atoms with Gasteiger partial charge in [-0.25, -0.2) is 4.98 Å². The third kappa shape index (κ3) is 4.46. The Morgan fingerprint density at radius 2 is 1.95 bits per heavy atom. The minimum absolute atomic E-state index is 0.0371. The van der Waals surface area contributed by atoms with Crippen LogP contribution in [0.2, 0.25) is 0 Å². The summed E-state index contributed by atoms with van der Waals surface area (Å²) in [6, 6.07) is -2.27. The number of carbonyl (C=O) groups excluding carboxylic acids is 2. The van der Waals surface area contributed by atoms with E-state index < -0.39 is 37.3 Å². The van der Waals surface area contributed by atoms with Gasteiger partial charge in [0.2, 0.25) is 11.8 Å². The maximum Gasteiger partial charge on any atom is 0.348 e. The Morgan fingerprint density at radius 1 is 1.36 bits per heavy atom. The van der Waals surface area contributed by atoms with E-state index in [0.29, 0.717) is 10.6 Å². The van der Waals surface area contributed by atoms with Crippen molar-refractivity contribution in [2.75, 3.05) is 0 Å². The Labute approximate surface area is 127 Å². The molecule has 0 unspecified atom stereocenters. The minimum atomic E-state index is -4.72. The van der Waals surface area contributed by atoms with E-state index in [1.807, 2.05) is 0 Å². The Kier molecular flexibility index (Phi) is 5.98. The number of H-pyrrole nitrogens is 1. The third-order valence-electron chi connectivity index (χ3n) is 3.04. The number of hydrogen-bond acceptors (Lipinski definition) is 6. The zero-order chi connectivity index (χ0) is 17.1. The molecule has 0 bridgehead atoms. The molecule has 0 fully saturated rings. The average molecular weight is 333 g/mol. The van der Waals surface area contributed by atoms with E-state index in [-0.39, 0.29) is 6.42 Å². The number of hydrogen-bond donors (Lipinski definition) is 5. The number of nitrogens with zero attached hydrogens (tertiary/aromatic N) is 2. The van der Waals surface area contributed by atoms with Gasteiger partial charge >= 0.3 is 7.60 Å². The highest BCUT2D eigenvalue weighted by Gasteiger charge is 2.40. The molecule has 10 nitrogen and oxygen atoms in total. The van der Waals surface area contributed by atoms with Crippen molar-refractivity contribution in [1.29, 1.82) is 0 Å². The molecule has 1 heterocycles. The molecule has 0 aromatic carbocycles. The first kappa shape index (κ1) is 18.5. The molecule has 124 valence electrons. The fourth-order valence-corrected chi connectivity index (χ4v) is 2.27. The first-order valence-corrected chi connectivity index (χ1v) is 8.14. The molecule has 0 aliphatic heterocycles. The van der Waals surface area contributed by atoms with Crippen LogP contribution in [0.4, 0.5) is 0 Å². The van der Waals surface area contributed by atoms with E-state index in [4.69, 9.17) is 11.5 Å². The first-order valence-electron chi connectivity index (χ1n) is 6.46. The van der Waals surface area contributed by atoms with Gasteiger partial charge in [-0.2, -0.15) is 0 Å². The molecule has 0 aliphatic rings. The summed E-state index contributed by atoms with van der Waals surface area (Å²) in [6.07, 6.45) is 2.89. The number of aromatic amines is 1. The molecule has 0 aliphatic carbocycles. The lowest BCUT2D eigenvalue weighted by molar-refractivity contribution is -0.147. The van der Waals surface area contributed by atoms with Crippen LogP contribution >= 0.6 is 7.60 Å². The van der Waals surface area contributed by atoms with Crippen molar-refractivity contribution in [2.24, 2.45) is 11.5 Å². The molecule has 22 heavy (non-hydrogen) atoms. The number of nitrogens with two attached hydrogens (primary N) is 2. The summed E-state index contributed by atoms with van der Waals surface area (Å²) >= 11 is 0. The predicted molar refractivity (Wildman–Crippen MR) is 77.3 cm³/mol. The predicted octanol–water partition coefficient (Wildman–Crippen LogP) is -1.49. The third-order valence-corrected chi connectivity index (χ3v) is 4.24. The Bertz CT molecular complexity index is 569. The molecule has 7 N–H and O–H groups in total. The van der Waals surface area contributed by atoms with Gasteiger partial charge in [-0.05, 0) is 13.8 Å². The Balaban J connectivity index is 3.02. The van der Waals surface area contributed by atoms with E-state index >= 15 is 0 Å². The summed E-state index contributed by atoms with van der Waals surface area (Å²) in [4.78, 5) is 49.8. The summed E-state index contributed by atoms with van der Waals surface area (Å²) in [5, 5.41) is 0. The largest absolute Gasteiger partial charge is 0.348 e. The highest BCUT2D eigenvalue weighted by molar-refractivity contribution is 7.52. The lowest BCUT2D eigenvalue weighted by Crippen LogP contribution is -2.55. The van der Waals surface area contributed by atoms with Crippen molar-refractivity contribution < 1.29 is 23.9 Å². The van der Waals surface area contributed by atoms with Crippen molar-refractivity contribution in [1.82, 2.24) is 14.9 Å². The van der Waals surface area contributed by atoms with Crippen LogP contribution in [-0.4, -0.2) is 54.3 Å². The van der Waals surface area contributed by atoms with Gasteiger partial charge in [0.25, 0.3) is 0 Å². The molecule has 1 aromatic heterocycles. The van der Waals surface area contributed by atoms with Crippen LogP contribution in [0.1, 0.15) is 19.5 Å². The Hall–Kier alpha value is -1.58. The summed E-state index contributed by atoms with van der Waals surface area (Å²) in [6.45, 7) is 2.39. The van der Waals surface area contributed by atoms with Crippen LogP contribution < -0.4 is 11.5 Å². The molecule has 1 aromatic rings. The van der Waals surface area contributed by atoms with Gasteiger partial charge in [-0.1, -0.05) is 0 Å². The summed E-state index contributed by atoms with van der Waals surface area (Å²) in [7, 11) is -4.72. The lowest BCUT2D eigenvalue weighted by Gasteiger charge is -2.31. The molecule has 1 rings (SSSR count). The van der Waals surface area contributed by atoms with Crippen LogP contribution in [-0.2, 0) is 20.6 Å². The SMILES string of the molecule is C[C@H](N)C(=O)N(C(=O)[C@@H](N)Cc1cnc[nH]1)[C@@H](C)P(=O)(O)O. The number of carbonyl (C=O) groups is 2. The van der Waals surface area contributed by atoms with Crippen LogP contribution in [0.15, 0.2) is 12.5 Å². The zero-order valence-corrected chi connectivity index (χ0v) is 13.1.